The third-order valence-corrected chi connectivity index (χ3v) is 11.2. The topological polar surface area (TPSA) is 112 Å². The van der Waals surface area contributed by atoms with Gasteiger partial charge in [0.2, 0.25) is 0 Å². The second kappa shape index (κ2) is 6.88. The van der Waals surface area contributed by atoms with Gasteiger partial charge in [0.15, 0.2) is 0 Å². The molecule has 182 valence electrons. The molecule has 3 unspecified atom stereocenters. The van der Waals surface area contributed by atoms with E-state index in [4.69, 9.17) is 14.2 Å². The van der Waals surface area contributed by atoms with E-state index in [2.05, 4.69) is 11.8 Å². The largest absolute Gasteiger partial charge is 0.392 e. The van der Waals surface area contributed by atoms with Crippen LogP contribution in [0.1, 0.15) is 26.2 Å². The maximum absolute atomic E-state index is 12.5. The quantitative estimate of drug-likeness (QED) is 0.440. The van der Waals surface area contributed by atoms with Gasteiger partial charge in [0.25, 0.3) is 0 Å². The standard InChI is InChI=1S/C24H39NO7/c1-5-25-9-22(10-30-2)7-6-13(26)23-12-8-11-16(27)14(12)24(29,21(28)17(11)31-3)15(20(23)25)18(32-4)19(22)23/h11-21,26-29H,5-10H2,1-4H3/t11-,12-,13+,14-,15?,16+,17-,18+,19-,20?,21+,22+,23?,24-/m1/s1. The summed E-state index contributed by atoms with van der Waals surface area (Å²) in [7, 11) is 4.98. The Morgan fingerprint density at radius 3 is 2.38 bits per heavy atom. The lowest BCUT2D eigenvalue weighted by molar-refractivity contribution is -0.297. The summed E-state index contributed by atoms with van der Waals surface area (Å²) in [6.45, 7) is 4.33. The van der Waals surface area contributed by atoms with Crippen LogP contribution in [0.3, 0.4) is 0 Å². The lowest BCUT2D eigenvalue weighted by Crippen LogP contribution is -2.78. The zero-order valence-corrected chi connectivity index (χ0v) is 19.6. The zero-order valence-electron chi connectivity index (χ0n) is 19.6. The van der Waals surface area contributed by atoms with Gasteiger partial charge in [-0.1, -0.05) is 6.92 Å². The molecular weight excluding hydrogens is 414 g/mol. The Morgan fingerprint density at radius 2 is 1.75 bits per heavy atom. The maximum Gasteiger partial charge on any atom is 0.110 e. The molecule has 1 heterocycles. The van der Waals surface area contributed by atoms with Crippen molar-refractivity contribution in [2.24, 2.45) is 40.4 Å². The number of likely N-dealkylation sites (tertiary alicyclic amines) is 1. The average molecular weight is 454 g/mol. The number of fused-ring (bicyclic) bond motifs is 2. The molecule has 6 rings (SSSR count). The normalized spacial score (nSPS) is 62.4. The lowest BCUT2D eigenvalue weighted by atomic mass is 9.43. The summed E-state index contributed by atoms with van der Waals surface area (Å²) in [6, 6.07) is -0.120. The number of aliphatic hydroxyl groups excluding tert-OH is 3. The highest BCUT2D eigenvalue weighted by atomic mass is 16.5. The molecule has 5 aliphatic carbocycles. The van der Waals surface area contributed by atoms with Crippen molar-refractivity contribution in [2.45, 2.75) is 68.3 Å². The van der Waals surface area contributed by atoms with Crippen molar-refractivity contribution >= 4 is 0 Å². The van der Waals surface area contributed by atoms with Crippen LogP contribution < -0.4 is 0 Å². The average Bonchev–Trinajstić information content (AvgIpc) is 3.19. The highest BCUT2D eigenvalue weighted by Crippen LogP contribution is 2.79. The summed E-state index contributed by atoms with van der Waals surface area (Å²) in [5, 5.41) is 47.3. The van der Waals surface area contributed by atoms with Crippen molar-refractivity contribution in [3.8, 4) is 0 Å². The number of ether oxygens (including phenoxy) is 3. The minimum atomic E-state index is -1.54. The molecule has 32 heavy (non-hydrogen) atoms. The van der Waals surface area contributed by atoms with Crippen molar-refractivity contribution in [1.29, 1.82) is 0 Å². The first-order chi connectivity index (χ1) is 15.3. The molecule has 0 radical (unpaired) electrons. The fourth-order valence-corrected chi connectivity index (χ4v) is 10.7. The minimum Gasteiger partial charge on any atom is -0.392 e. The van der Waals surface area contributed by atoms with E-state index >= 15 is 0 Å². The Bertz CT molecular complexity index is 783. The van der Waals surface area contributed by atoms with Crippen LogP contribution in [-0.4, -0.2) is 109 Å². The molecule has 14 atom stereocenters. The Morgan fingerprint density at radius 1 is 1.03 bits per heavy atom. The molecule has 8 nitrogen and oxygen atoms in total. The lowest BCUT2D eigenvalue weighted by Gasteiger charge is -2.69. The van der Waals surface area contributed by atoms with E-state index in [9.17, 15) is 20.4 Å². The van der Waals surface area contributed by atoms with Gasteiger partial charge in [-0.15, -0.1) is 0 Å². The molecule has 7 bridgehead atoms. The Hall–Kier alpha value is -0.320. The van der Waals surface area contributed by atoms with E-state index in [0.717, 1.165) is 19.5 Å². The van der Waals surface area contributed by atoms with Gasteiger partial charge in [0.1, 0.15) is 11.7 Å². The van der Waals surface area contributed by atoms with Gasteiger partial charge in [-0.2, -0.15) is 0 Å². The molecule has 4 N–H and O–H groups in total. The Kier molecular flexibility index (Phi) is 4.76. The van der Waals surface area contributed by atoms with E-state index in [1.54, 1.807) is 21.3 Å². The first kappa shape index (κ1) is 22.2. The number of nitrogens with zero attached hydrogens (tertiary/aromatic N) is 1. The molecule has 0 aromatic rings. The molecule has 6 fully saturated rings. The highest BCUT2D eigenvalue weighted by molar-refractivity contribution is 5.36. The van der Waals surface area contributed by atoms with Crippen molar-refractivity contribution < 1.29 is 34.6 Å². The van der Waals surface area contributed by atoms with Crippen molar-refractivity contribution in [3.05, 3.63) is 0 Å². The van der Waals surface area contributed by atoms with Gasteiger partial charge < -0.3 is 34.6 Å². The molecule has 6 aliphatic rings. The van der Waals surface area contributed by atoms with Crippen LogP contribution in [0.5, 0.6) is 0 Å². The molecule has 0 aromatic heterocycles. The van der Waals surface area contributed by atoms with Crippen LogP contribution in [0.15, 0.2) is 0 Å². The number of hydrogen-bond donors (Lipinski definition) is 4. The third kappa shape index (κ3) is 2.07. The molecule has 1 spiro atoms. The first-order valence-electron chi connectivity index (χ1n) is 12.3. The molecule has 1 saturated heterocycles. The van der Waals surface area contributed by atoms with Crippen LogP contribution in [0.2, 0.25) is 0 Å². The summed E-state index contributed by atoms with van der Waals surface area (Å²) in [6.07, 6.45) is -1.22. The highest BCUT2D eigenvalue weighted by Gasteiger charge is 2.87. The third-order valence-electron chi connectivity index (χ3n) is 11.2. The summed E-state index contributed by atoms with van der Waals surface area (Å²) in [5.41, 5.74) is -2.24. The summed E-state index contributed by atoms with van der Waals surface area (Å²) in [4.78, 5) is 2.42. The van der Waals surface area contributed by atoms with Crippen LogP contribution in [0.25, 0.3) is 0 Å². The Labute approximate surface area is 189 Å². The zero-order chi connectivity index (χ0) is 22.8. The monoisotopic (exact) mass is 453 g/mol. The smallest absolute Gasteiger partial charge is 0.110 e. The van der Waals surface area contributed by atoms with Gasteiger partial charge in [0.05, 0.1) is 31.0 Å². The molecule has 1 aliphatic heterocycles. The van der Waals surface area contributed by atoms with Crippen LogP contribution in [0.4, 0.5) is 0 Å². The summed E-state index contributed by atoms with van der Waals surface area (Å²) >= 11 is 0. The van der Waals surface area contributed by atoms with E-state index < -0.39 is 47.3 Å². The van der Waals surface area contributed by atoms with Gasteiger partial charge in [-0.05, 0) is 31.7 Å². The van der Waals surface area contributed by atoms with Crippen LogP contribution in [-0.2, 0) is 14.2 Å². The van der Waals surface area contributed by atoms with Crippen molar-refractivity contribution in [1.82, 2.24) is 4.90 Å². The van der Waals surface area contributed by atoms with Crippen molar-refractivity contribution in [3.63, 3.8) is 0 Å². The number of hydrogen-bond acceptors (Lipinski definition) is 8. The van der Waals surface area contributed by atoms with Crippen molar-refractivity contribution in [2.75, 3.05) is 41.0 Å². The molecule has 5 saturated carbocycles. The van der Waals surface area contributed by atoms with Gasteiger partial charge in [-0.25, -0.2) is 0 Å². The SMILES string of the molecule is CCN1C[C@]2(COC)CC[C@H](O)C34C1C([C@H](OC)[C@@H]32)[C@]1(O)[C@H]2[C@@H](O)[C@@H](C[C@H]24)[C@@H](OC)[C@@H]1O. The van der Waals surface area contributed by atoms with E-state index in [1.165, 1.54) is 0 Å². The second-order valence-electron chi connectivity index (χ2n) is 11.6. The minimum absolute atomic E-state index is 0.000250. The van der Waals surface area contributed by atoms with Gasteiger partial charge in [-0.3, -0.25) is 4.90 Å². The summed E-state index contributed by atoms with van der Waals surface area (Å²) in [5.74, 6) is -1.29. The van der Waals surface area contributed by atoms with Gasteiger partial charge >= 0.3 is 0 Å². The summed E-state index contributed by atoms with van der Waals surface area (Å²) < 4.78 is 17.7. The fourth-order valence-electron chi connectivity index (χ4n) is 10.7. The predicted molar refractivity (Wildman–Crippen MR) is 114 cm³/mol. The molecule has 0 aromatic carbocycles. The predicted octanol–water partition coefficient (Wildman–Crippen LogP) is -0.527. The molecule has 8 heteroatoms. The second-order valence-corrected chi connectivity index (χ2v) is 11.6. The number of methoxy groups -OCH3 is 3. The van der Waals surface area contributed by atoms with E-state index in [-0.39, 0.29) is 35.3 Å². The maximum atomic E-state index is 12.5. The fraction of sp³-hybridized carbons (Fsp3) is 1.00. The number of aliphatic hydroxyl groups is 4. The molecular formula is C24H39NO7. The molecule has 0 amide bonds. The first-order valence-corrected chi connectivity index (χ1v) is 12.3. The van der Waals surface area contributed by atoms with Gasteiger partial charge in [0, 0.05) is 68.4 Å². The number of piperidine rings is 1. The van der Waals surface area contributed by atoms with E-state index in [1.807, 2.05) is 0 Å². The van der Waals surface area contributed by atoms with Crippen LogP contribution >= 0.6 is 0 Å². The number of rotatable bonds is 5. The van der Waals surface area contributed by atoms with Crippen LogP contribution in [0, 0.1) is 40.4 Å². The Balaban J connectivity index is 1.64. The van der Waals surface area contributed by atoms with E-state index in [0.29, 0.717) is 19.4 Å².